The van der Waals surface area contributed by atoms with E-state index in [1.165, 1.54) is 0 Å². The Kier molecular flexibility index (Phi) is 17.0. The molecule has 0 aliphatic rings. The maximum atomic E-state index is 13.3. The lowest BCUT2D eigenvalue weighted by Crippen LogP contribution is -2.45. The summed E-state index contributed by atoms with van der Waals surface area (Å²) >= 11 is 1.64. The van der Waals surface area contributed by atoms with Crippen molar-refractivity contribution in [2.24, 2.45) is 11.8 Å². The Balaban J connectivity index is 2.09. The number of ether oxygens (including phenoxy) is 1. The first-order valence-corrected chi connectivity index (χ1v) is 15.8. The van der Waals surface area contributed by atoms with E-state index in [1.54, 1.807) is 24.8 Å². The summed E-state index contributed by atoms with van der Waals surface area (Å²) < 4.78 is 5.84. The van der Waals surface area contributed by atoms with Crippen LogP contribution >= 0.6 is 11.8 Å². The number of benzene rings is 2. The minimum absolute atomic E-state index is 0.0334. The van der Waals surface area contributed by atoms with Crippen LogP contribution < -0.4 is 10.6 Å². The van der Waals surface area contributed by atoms with Crippen LogP contribution in [0.15, 0.2) is 86.0 Å². The van der Waals surface area contributed by atoms with E-state index in [0.717, 1.165) is 29.7 Å². The van der Waals surface area contributed by atoms with Crippen molar-refractivity contribution < 1.29 is 24.2 Å². The summed E-state index contributed by atoms with van der Waals surface area (Å²) in [7, 11) is 0. The largest absolute Gasteiger partial charge is 0.463 e. The number of nitrogens with one attached hydrogen (secondary N) is 2. The Bertz CT molecular complexity index is 1100. The van der Waals surface area contributed by atoms with Gasteiger partial charge in [-0.15, -0.1) is 13.2 Å². The van der Waals surface area contributed by atoms with Gasteiger partial charge in [-0.2, -0.15) is 11.8 Å². The quantitative estimate of drug-likeness (QED) is 0.104. The number of rotatable bonds is 21. The van der Waals surface area contributed by atoms with Gasteiger partial charge in [-0.05, 0) is 50.2 Å². The van der Waals surface area contributed by atoms with Crippen molar-refractivity contribution in [2.45, 2.75) is 63.3 Å². The highest BCUT2D eigenvalue weighted by molar-refractivity contribution is 7.98. The normalized spacial score (nSPS) is 13.7. The fourth-order valence-electron chi connectivity index (χ4n) is 4.44. The summed E-state index contributed by atoms with van der Waals surface area (Å²) in [6.07, 6.45) is 6.68. The van der Waals surface area contributed by atoms with Crippen LogP contribution in [0.3, 0.4) is 0 Å². The zero-order chi connectivity index (χ0) is 30.6. The Morgan fingerprint density at radius 1 is 0.952 bits per heavy atom. The number of aliphatic hydroxyl groups excluding tert-OH is 1. The summed E-state index contributed by atoms with van der Waals surface area (Å²) in [6.45, 7) is 9.07. The van der Waals surface area contributed by atoms with Crippen molar-refractivity contribution in [3.63, 3.8) is 0 Å². The predicted molar refractivity (Wildman–Crippen MR) is 171 cm³/mol. The first-order chi connectivity index (χ1) is 20.4. The third kappa shape index (κ3) is 14.0. The van der Waals surface area contributed by atoms with Crippen molar-refractivity contribution in [1.82, 2.24) is 10.6 Å². The molecule has 2 rings (SSSR count). The number of carbonyl (C=O) groups excluding carboxylic acids is 3. The molecule has 0 spiro atoms. The number of esters is 1. The van der Waals surface area contributed by atoms with Crippen LogP contribution in [-0.4, -0.2) is 53.9 Å². The van der Waals surface area contributed by atoms with Crippen LogP contribution in [0.25, 0.3) is 0 Å². The molecule has 0 heterocycles. The summed E-state index contributed by atoms with van der Waals surface area (Å²) in [5, 5.41) is 15.0. The number of aliphatic hydroxyl groups is 1. The second kappa shape index (κ2) is 20.5. The average Bonchev–Trinajstić information content (AvgIpc) is 2.99. The number of unbranched alkanes of at least 4 members (excludes halogenated alkanes) is 1. The molecule has 42 heavy (non-hydrogen) atoms. The molecule has 2 amide bonds. The van der Waals surface area contributed by atoms with E-state index < -0.39 is 18.0 Å². The number of thioether (sulfide) groups is 1. The molecule has 8 heteroatoms. The molecular formula is C34H46N2O5S. The maximum absolute atomic E-state index is 13.3. The van der Waals surface area contributed by atoms with E-state index in [4.69, 9.17) is 4.74 Å². The molecule has 3 N–H and O–H groups in total. The van der Waals surface area contributed by atoms with Crippen LogP contribution in [-0.2, 0) is 31.3 Å². The minimum atomic E-state index is -0.629. The first-order valence-electron chi connectivity index (χ1n) is 14.6. The zero-order valence-electron chi connectivity index (χ0n) is 24.7. The van der Waals surface area contributed by atoms with Crippen LogP contribution in [0.2, 0.25) is 0 Å². The number of hydrogen-bond donors (Lipinski definition) is 3. The highest BCUT2D eigenvalue weighted by atomic mass is 32.2. The third-order valence-corrected chi connectivity index (χ3v) is 7.93. The van der Waals surface area contributed by atoms with Gasteiger partial charge in [0.05, 0.1) is 24.5 Å². The van der Waals surface area contributed by atoms with E-state index in [1.807, 2.05) is 66.7 Å². The molecule has 0 fully saturated rings. The molecular weight excluding hydrogens is 548 g/mol. The Morgan fingerprint density at radius 3 is 2.24 bits per heavy atom. The Morgan fingerprint density at radius 2 is 1.62 bits per heavy atom. The van der Waals surface area contributed by atoms with Crippen molar-refractivity contribution in [2.75, 3.05) is 19.0 Å². The van der Waals surface area contributed by atoms with Gasteiger partial charge in [0.2, 0.25) is 11.8 Å². The molecule has 0 saturated carbocycles. The molecule has 4 atom stereocenters. The Labute approximate surface area is 255 Å². The minimum Gasteiger partial charge on any atom is -0.463 e. The molecule has 2 aromatic carbocycles. The topological polar surface area (TPSA) is 105 Å². The SMILES string of the molecule is C=CCCC[C@H](Cc1ccccc1)C(=O)OC[C@H](CSCc1ccccc1)NC(=O)[C@@H](CC=C)CC(=O)N[C@@H](C)CO. The van der Waals surface area contributed by atoms with E-state index >= 15 is 0 Å². The number of hydrogen-bond acceptors (Lipinski definition) is 6. The van der Waals surface area contributed by atoms with E-state index in [2.05, 4.69) is 23.8 Å². The van der Waals surface area contributed by atoms with Gasteiger partial charge in [-0.25, -0.2) is 0 Å². The monoisotopic (exact) mass is 594 g/mol. The molecule has 228 valence electrons. The van der Waals surface area contributed by atoms with Gasteiger partial charge >= 0.3 is 5.97 Å². The lowest BCUT2D eigenvalue weighted by Gasteiger charge is -2.24. The van der Waals surface area contributed by atoms with E-state index in [0.29, 0.717) is 25.0 Å². The highest BCUT2D eigenvalue weighted by Gasteiger charge is 2.26. The van der Waals surface area contributed by atoms with Crippen molar-refractivity contribution in [1.29, 1.82) is 0 Å². The second-order valence-corrected chi connectivity index (χ2v) is 11.5. The smallest absolute Gasteiger partial charge is 0.309 e. The second-order valence-electron chi connectivity index (χ2n) is 10.5. The molecule has 0 bridgehead atoms. The van der Waals surface area contributed by atoms with Gasteiger partial charge in [-0.1, -0.05) is 72.8 Å². The van der Waals surface area contributed by atoms with Crippen molar-refractivity contribution >= 4 is 29.5 Å². The lowest BCUT2D eigenvalue weighted by molar-refractivity contribution is -0.150. The van der Waals surface area contributed by atoms with Gasteiger partial charge in [-0.3, -0.25) is 14.4 Å². The Hall–Kier alpha value is -3.36. The number of carbonyl (C=O) groups is 3. The first kappa shape index (κ1) is 34.8. The summed E-state index contributed by atoms with van der Waals surface area (Å²) in [4.78, 5) is 39.0. The van der Waals surface area contributed by atoms with Crippen LogP contribution in [0, 0.1) is 11.8 Å². The van der Waals surface area contributed by atoms with Gasteiger partial charge in [0.25, 0.3) is 0 Å². The summed E-state index contributed by atoms with van der Waals surface area (Å²) in [5.74, 6) is -0.547. The van der Waals surface area contributed by atoms with Crippen molar-refractivity contribution in [3.05, 3.63) is 97.1 Å². The molecule has 7 nitrogen and oxygen atoms in total. The molecule has 0 aliphatic carbocycles. The van der Waals surface area contributed by atoms with Gasteiger partial charge in [0.15, 0.2) is 0 Å². The number of allylic oxidation sites excluding steroid dienone is 2. The van der Waals surface area contributed by atoms with Gasteiger partial charge in [0.1, 0.15) is 6.61 Å². The van der Waals surface area contributed by atoms with Crippen LogP contribution in [0.1, 0.15) is 50.2 Å². The maximum Gasteiger partial charge on any atom is 0.309 e. The molecule has 2 aromatic rings. The fraction of sp³-hybridized carbons (Fsp3) is 0.441. The van der Waals surface area contributed by atoms with E-state index in [-0.39, 0.29) is 43.3 Å². The highest BCUT2D eigenvalue weighted by Crippen LogP contribution is 2.19. The fourth-order valence-corrected chi connectivity index (χ4v) is 5.45. The average molecular weight is 595 g/mol. The van der Waals surface area contributed by atoms with Crippen LogP contribution in [0.4, 0.5) is 0 Å². The lowest BCUT2D eigenvalue weighted by atomic mass is 9.94. The summed E-state index contributed by atoms with van der Waals surface area (Å²) in [6, 6.07) is 19.1. The molecule has 0 radical (unpaired) electrons. The predicted octanol–water partition coefficient (Wildman–Crippen LogP) is 5.24. The zero-order valence-corrected chi connectivity index (χ0v) is 25.5. The molecule has 0 unspecified atom stereocenters. The molecule has 0 aliphatic heterocycles. The summed E-state index contributed by atoms with van der Waals surface area (Å²) in [5.41, 5.74) is 2.23. The van der Waals surface area contributed by atoms with Crippen LogP contribution in [0.5, 0.6) is 0 Å². The molecule has 0 saturated heterocycles. The molecule has 0 aromatic heterocycles. The standard InChI is InChI=1S/C34H46N2O5S/c1-4-6-9-19-30(20-27-15-10-7-11-16-27)34(40)41-23-31(25-42-24-28-17-12-8-13-18-28)36-33(39)29(14-5-2)21-32(38)35-26(3)22-37/h4-5,7-8,10-13,15-18,26,29-31,37H,1-2,6,9,14,19-25H2,3H3,(H,35,38)(H,36,39)/t26-,29-,30+,31+/m0/s1. The van der Waals surface area contributed by atoms with Gasteiger partial charge < -0.3 is 20.5 Å². The number of amides is 2. The van der Waals surface area contributed by atoms with Crippen molar-refractivity contribution in [3.8, 4) is 0 Å². The van der Waals surface area contributed by atoms with E-state index in [9.17, 15) is 19.5 Å². The van der Waals surface area contributed by atoms with Gasteiger partial charge in [0, 0.05) is 24.0 Å². The third-order valence-electron chi connectivity index (χ3n) is 6.76.